The summed E-state index contributed by atoms with van der Waals surface area (Å²) in [6.45, 7) is 4.20. The fraction of sp³-hybridized carbons (Fsp3) is 0.375. The number of hydrogen-bond donors (Lipinski definition) is 1. The van der Waals surface area contributed by atoms with E-state index in [0.29, 0.717) is 44.7 Å². The minimum atomic E-state index is -0.0809. The first-order valence-corrected chi connectivity index (χ1v) is 10.5. The van der Waals surface area contributed by atoms with E-state index >= 15 is 0 Å². The Labute approximate surface area is 177 Å². The average molecular weight is 408 g/mol. The Morgan fingerprint density at radius 1 is 0.833 bits per heavy atom. The summed E-state index contributed by atoms with van der Waals surface area (Å²) in [4.78, 5) is 39.9. The lowest BCUT2D eigenvalue weighted by Gasteiger charge is -2.35. The third-order valence-corrected chi connectivity index (χ3v) is 5.36. The van der Waals surface area contributed by atoms with Crippen LogP contribution in [-0.2, 0) is 22.6 Å². The van der Waals surface area contributed by atoms with Crippen molar-refractivity contribution in [3.63, 3.8) is 0 Å². The lowest BCUT2D eigenvalue weighted by molar-refractivity contribution is -0.132. The number of nitrogens with one attached hydrogen (secondary N) is 1. The van der Waals surface area contributed by atoms with E-state index in [9.17, 15) is 14.4 Å². The van der Waals surface area contributed by atoms with E-state index in [2.05, 4.69) is 17.4 Å². The van der Waals surface area contributed by atoms with E-state index in [1.54, 1.807) is 17.0 Å². The summed E-state index contributed by atoms with van der Waals surface area (Å²) >= 11 is 0. The fourth-order valence-electron chi connectivity index (χ4n) is 3.58. The number of hydrogen-bond acceptors (Lipinski definition) is 3. The largest absolute Gasteiger partial charge is 0.352 e. The molecule has 3 amide bonds. The van der Waals surface area contributed by atoms with Crippen molar-refractivity contribution in [1.29, 1.82) is 0 Å². The van der Waals surface area contributed by atoms with Gasteiger partial charge < -0.3 is 15.1 Å². The second-order valence-corrected chi connectivity index (χ2v) is 7.62. The molecule has 2 aromatic rings. The highest BCUT2D eigenvalue weighted by Crippen LogP contribution is 2.12. The van der Waals surface area contributed by atoms with Gasteiger partial charge in [-0.3, -0.25) is 14.4 Å². The van der Waals surface area contributed by atoms with Crippen LogP contribution in [0.2, 0.25) is 0 Å². The zero-order chi connectivity index (χ0) is 21.3. The van der Waals surface area contributed by atoms with Crippen LogP contribution in [0.25, 0.3) is 0 Å². The molecule has 158 valence electrons. The van der Waals surface area contributed by atoms with Gasteiger partial charge >= 0.3 is 0 Å². The Balaban J connectivity index is 1.42. The van der Waals surface area contributed by atoms with Gasteiger partial charge in [-0.2, -0.15) is 0 Å². The zero-order valence-electron chi connectivity index (χ0n) is 17.5. The van der Waals surface area contributed by atoms with Crippen molar-refractivity contribution >= 4 is 17.7 Å². The Bertz CT molecular complexity index is 857. The molecule has 0 saturated carbocycles. The molecule has 1 heterocycles. The number of nitrogens with zero attached hydrogens (tertiary/aromatic N) is 2. The van der Waals surface area contributed by atoms with Gasteiger partial charge in [0, 0.05) is 51.6 Å². The molecule has 1 saturated heterocycles. The molecule has 1 N–H and O–H groups in total. The number of carbonyl (C=O) groups excluding carboxylic acids is 3. The van der Waals surface area contributed by atoms with Gasteiger partial charge in [-0.05, 0) is 36.1 Å². The van der Waals surface area contributed by atoms with E-state index in [1.807, 2.05) is 35.2 Å². The van der Waals surface area contributed by atoms with Gasteiger partial charge in [0.1, 0.15) is 0 Å². The number of piperazine rings is 1. The van der Waals surface area contributed by atoms with Gasteiger partial charge in [0.15, 0.2) is 0 Å². The molecule has 3 rings (SSSR count). The normalized spacial score (nSPS) is 13.8. The molecule has 2 aromatic carbocycles. The Hall–Kier alpha value is -3.15. The Kier molecular flexibility index (Phi) is 7.60. The monoisotopic (exact) mass is 407 g/mol. The van der Waals surface area contributed by atoms with Crippen molar-refractivity contribution in [2.45, 2.75) is 32.7 Å². The van der Waals surface area contributed by atoms with Crippen LogP contribution >= 0.6 is 0 Å². The summed E-state index contributed by atoms with van der Waals surface area (Å²) < 4.78 is 0. The van der Waals surface area contributed by atoms with Gasteiger partial charge in [0.25, 0.3) is 5.91 Å². The molecule has 0 bridgehead atoms. The first kappa shape index (κ1) is 21.6. The fourth-order valence-corrected chi connectivity index (χ4v) is 3.58. The molecule has 0 atom stereocenters. The summed E-state index contributed by atoms with van der Waals surface area (Å²) in [6, 6.07) is 17.5. The van der Waals surface area contributed by atoms with E-state index in [0.717, 1.165) is 18.4 Å². The molecule has 0 spiro atoms. The first-order valence-electron chi connectivity index (χ1n) is 10.5. The lowest BCUT2D eigenvalue weighted by Crippen LogP contribution is -2.50. The van der Waals surface area contributed by atoms with Crippen molar-refractivity contribution in [3.8, 4) is 0 Å². The Morgan fingerprint density at radius 3 is 2.10 bits per heavy atom. The third kappa shape index (κ3) is 6.17. The number of carbonyl (C=O) groups is 3. The van der Waals surface area contributed by atoms with E-state index < -0.39 is 0 Å². The lowest BCUT2D eigenvalue weighted by atomic mass is 10.1. The van der Waals surface area contributed by atoms with Crippen LogP contribution in [0.4, 0.5) is 0 Å². The second kappa shape index (κ2) is 10.6. The molecule has 0 aliphatic carbocycles. The van der Waals surface area contributed by atoms with Gasteiger partial charge in [-0.15, -0.1) is 0 Å². The maximum absolute atomic E-state index is 12.7. The molecule has 0 unspecified atom stereocenters. The number of rotatable bonds is 7. The van der Waals surface area contributed by atoms with E-state index in [-0.39, 0.29) is 17.7 Å². The van der Waals surface area contributed by atoms with E-state index in [4.69, 9.17) is 0 Å². The highest BCUT2D eigenvalue weighted by Gasteiger charge is 2.24. The van der Waals surface area contributed by atoms with Crippen molar-refractivity contribution < 1.29 is 14.4 Å². The van der Waals surface area contributed by atoms with Crippen LogP contribution in [0, 0.1) is 0 Å². The predicted molar refractivity (Wildman–Crippen MR) is 116 cm³/mol. The van der Waals surface area contributed by atoms with Crippen LogP contribution in [0.3, 0.4) is 0 Å². The molecule has 1 fully saturated rings. The maximum Gasteiger partial charge on any atom is 0.253 e. The molecular formula is C24H29N3O3. The van der Waals surface area contributed by atoms with Crippen molar-refractivity contribution in [1.82, 2.24) is 15.1 Å². The molecule has 1 aliphatic rings. The molecule has 30 heavy (non-hydrogen) atoms. The molecule has 0 radical (unpaired) electrons. The minimum Gasteiger partial charge on any atom is -0.352 e. The first-order chi connectivity index (χ1) is 14.5. The average Bonchev–Trinajstić information content (AvgIpc) is 2.78. The van der Waals surface area contributed by atoms with Gasteiger partial charge in [0.05, 0.1) is 0 Å². The van der Waals surface area contributed by atoms with Crippen LogP contribution in [0.1, 0.15) is 41.3 Å². The van der Waals surface area contributed by atoms with Crippen molar-refractivity contribution in [3.05, 3.63) is 71.3 Å². The summed E-state index contributed by atoms with van der Waals surface area (Å²) in [5.74, 6) is 0.0697. The number of aryl methyl sites for hydroxylation is 1. The van der Waals surface area contributed by atoms with Gasteiger partial charge in [0.2, 0.25) is 11.8 Å². The Morgan fingerprint density at radius 2 is 1.47 bits per heavy atom. The van der Waals surface area contributed by atoms with Gasteiger partial charge in [-0.1, -0.05) is 42.5 Å². The molecule has 6 heteroatoms. The summed E-state index contributed by atoms with van der Waals surface area (Å²) in [5, 5.41) is 2.74. The zero-order valence-corrected chi connectivity index (χ0v) is 17.5. The van der Waals surface area contributed by atoms with E-state index in [1.165, 1.54) is 12.5 Å². The highest BCUT2D eigenvalue weighted by molar-refractivity contribution is 5.94. The quantitative estimate of drug-likeness (QED) is 0.767. The SMILES string of the molecule is CC(=O)NCc1ccc(C(=O)N2CCN(C(=O)CCCc3ccccc3)CC2)cc1. The summed E-state index contributed by atoms with van der Waals surface area (Å²) in [6.07, 6.45) is 2.29. The highest BCUT2D eigenvalue weighted by atomic mass is 16.2. The smallest absolute Gasteiger partial charge is 0.253 e. The number of amides is 3. The second-order valence-electron chi connectivity index (χ2n) is 7.62. The van der Waals surface area contributed by atoms with Crippen molar-refractivity contribution in [2.75, 3.05) is 26.2 Å². The van der Waals surface area contributed by atoms with Crippen LogP contribution < -0.4 is 5.32 Å². The molecule has 0 aromatic heterocycles. The number of benzene rings is 2. The maximum atomic E-state index is 12.7. The minimum absolute atomic E-state index is 0.0164. The summed E-state index contributed by atoms with van der Waals surface area (Å²) in [5.41, 5.74) is 2.83. The molecule has 1 aliphatic heterocycles. The van der Waals surface area contributed by atoms with Gasteiger partial charge in [-0.25, -0.2) is 0 Å². The van der Waals surface area contributed by atoms with Crippen LogP contribution in [0.15, 0.2) is 54.6 Å². The standard InChI is InChI=1S/C24H29N3O3/c1-19(28)25-18-21-10-12-22(13-11-21)24(30)27-16-14-26(15-17-27)23(29)9-5-8-20-6-3-2-4-7-20/h2-4,6-7,10-13H,5,8-9,14-18H2,1H3,(H,25,28). The third-order valence-electron chi connectivity index (χ3n) is 5.36. The summed E-state index contributed by atoms with van der Waals surface area (Å²) in [7, 11) is 0. The topological polar surface area (TPSA) is 69.7 Å². The van der Waals surface area contributed by atoms with Crippen LogP contribution in [-0.4, -0.2) is 53.7 Å². The van der Waals surface area contributed by atoms with Crippen molar-refractivity contribution in [2.24, 2.45) is 0 Å². The molecular weight excluding hydrogens is 378 g/mol. The predicted octanol–water partition coefficient (Wildman–Crippen LogP) is 2.63. The van der Waals surface area contributed by atoms with Crippen LogP contribution in [0.5, 0.6) is 0 Å². The molecule has 6 nitrogen and oxygen atoms in total.